The van der Waals surface area contributed by atoms with E-state index in [1.165, 1.54) is 0 Å². The average Bonchev–Trinajstić information content (AvgIpc) is 2.82. The Morgan fingerprint density at radius 1 is 1.16 bits per heavy atom. The highest BCUT2D eigenvalue weighted by Crippen LogP contribution is 2.28. The second-order valence-electron chi connectivity index (χ2n) is 8.51. The number of nitrogens with one attached hydrogen (secondary N) is 1. The summed E-state index contributed by atoms with van der Waals surface area (Å²) in [6.07, 6.45) is 6.73. The van der Waals surface area contributed by atoms with Gasteiger partial charge in [-0.15, -0.1) is 12.3 Å². The Morgan fingerprint density at radius 2 is 1.76 bits per heavy atom. The monoisotopic (exact) mass is 352 g/mol. The van der Waals surface area contributed by atoms with Crippen molar-refractivity contribution in [2.75, 3.05) is 13.1 Å². The molecular weight excluding hydrogens is 320 g/mol. The number of carbonyl (C=O) groups excluding carboxylic acids is 2. The summed E-state index contributed by atoms with van der Waals surface area (Å²) in [4.78, 5) is 26.0. The molecular formula is C19H32N2O4. The number of carbonyl (C=O) groups is 2. The molecule has 6 nitrogen and oxygen atoms in total. The van der Waals surface area contributed by atoms with Gasteiger partial charge in [0, 0.05) is 25.6 Å². The van der Waals surface area contributed by atoms with Gasteiger partial charge in [-0.25, -0.2) is 9.59 Å². The zero-order valence-electron chi connectivity index (χ0n) is 16.3. The third-order valence-corrected chi connectivity index (χ3v) is 3.68. The molecule has 1 aliphatic heterocycles. The van der Waals surface area contributed by atoms with E-state index in [-0.39, 0.29) is 18.1 Å². The van der Waals surface area contributed by atoms with Crippen LogP contribution in [-0.4, -0.2) is 47.4 Å². The summed E-state index contributed by atoms with van der Waals surface area (Å²) >= 11 is 0. The van der Waals surface area contributed by atoms with E-state index in [1.54, 1.807) is 4.90 Å². The molecule has 0 spiro atoms. The number of rotatable bonds is 4. The molecule has 1 fully saturated rings. The van der Waals surface area contributed by atoms with Crippen molar-refractivity contribution in [3.8, 4) is 12.3 Å². The van der Waals surface area contributed by atoms with Gasteiger partial charge in [0.2, 0.25) is 0 Å². The highest BCUT2D eigenvalue weighted by atomic mass is 16.6. The highest BCUT2D eigenvalue weighted by Gasteiger charge is 2.37. The molecule has 0 aliphatic carbocycles. The van der Waals surface area contributed by atoms with Gasteiger partial charge in [0.1, 0.15) is 11.2 Å². The van der Waals surface area contributed by atoms with Crippen LogP contribution in [0.1, 0.15) is 60.8 Å². The van der Waals surface area contributed by atoms with Crippen LogP contribution < -0.4 is 5.32 Å². The Balaban J connectivity index is 2.62. The molecule has 1 N–H and O–H groups in total. The SMILES string of the molecule is C#CCCC1C[C@@H](CNC(=O)OC(C)(C)C)CN1C(=O)OC(C)(C)C. The fraction of sp³-hybridized carbons (Fsp3) is 0.789. The van der Waals surface area contributed by atoms with Gasteiger partial charge in [-0.3, -0.25) is 0 Å². The minimum atomic E-state index is -0.541. The molecule has 1 saturated heterocycles. The maximum Gasteiger partial charge on any atom is 0.410 e. The van der Waals surface area contributed by atoms with E-state index in [0.717, 1.165) is 12.8 Å². The Bertz CT molecular complexity index is 511. The van der Waals surface area contributed by atoms with Crippen LogP contribution in [0.15, 0.2) is 0 Å². The summed E-state index contributed by atoms with van der Waals surface area (Å²) in [5.41, 5.74) is -1.07. The van der Waals surface area contributed by atoms with Crippen molar-refractivity contribution in [1.29, 1.82) is 0 Å². The first kappa shape index (κ1) is 21.1. The molecule has 6 heteroatoms. The van der Waals surface area contributed by atoms with Crippen LogP contribution in [0.5, 0.6) is 0 Å². The van der Waals surface area contributed by atoms with E-state index in [4.69, 9.17) is 15.9 Å². The van der Waals surface area contributed by atoms with Crippen LogP contribution in [0.25, 0.3) is 0 Å². The molecule has 1 rings (SSSR count). The molecule has 2 atom stereocenters. The van der Waals surface area contributed by atoms with E-state index in [1.807, 2.05) is 41.5 Å². The molecule has 25 heavy (non-hydrogen) atoms. The first-order valence-electron chi connectivity index (χ1n) is 8.81. The Kier molecular flexibility index (Phi) is 7.16. The van der Waals surface area contributed by atoms with Gasteiger partial charge in [-0.2, -0.15) is 0 Å². The Morgan fingerprint density at radius 3 is 2.28 bits per heavy atom. The third-order valence-electron chi connectivity index (χ3n) is 3.68. The number of nitrogens with zero attached hydrogens (tertiary/aromatic N) is 1. The van der Waals surface area contributed by atoms with Gasteiger partial charge in [0.05, 0.1) is 0 Å². The molecule has 2 amide bonds. The molecule has 0 radical (unpaired) electrons. The van der Waals surface area contributed by atoms with Gasteiger partial charge in [-0.05, 0) is 60.3 Å². The molecule has 142 valence electrons. The number of likely N-dealkylation sites (tertiary alicyclic amines) is 1. The number of amides is 2. The van der Waals surface area contributed by atoms with Crippen LogP contribution in [0.2, 0.25) is 0 Å². The van der Waals surface area contributed by atoms with Crippen LogP contribution in [0.4, 0.5) is 9.59 Å². The molecule has 1 heterocycles. The normalized spacial score (nSPS) is 20.8. The second kappa shape index (κ2) is 8.46. The first-order valence-corrected chi connectivity index (χ1v) is 8.81. The standard InChI is InChI=1S/C19H32N2O4/c1-8-9-10-15-11-14(12-20-16(22)24-18(2,3)4)13-21(15)17(23)25-19(5,6)7/h1,14-15H,9-13H2,2-7H3,(H,20,22)/t14-,15?/m0/s1. The topological polar surface area (TPSA) is 67.9 Å². The van der Waals surface area contributed by atoms with E-state index in [2.05, 4.69) is 11.2 Å². The van der Waals surface area contributed by atoms with Crippen LogP contribution in [0.3, 0.4) is 0 Å². The summed E-state index contributed by atoms with van der Waals surface area (Å²) in [6.45, 7) is 12.0. The molecule has 0 bridgehead atoms. The number of hydrogen-bond acceptors (Lipinski definition) is 4. The molecule has 0 aromatic rings. The van der Waals surface area contributed by atoms with Crippen LogP contribution in [0, 0.1) is 18.3 Å². The van der Waals surface area contributed by atoms with Crippen LogP contribution in [-0.2, 0) is 9.47 Å². The minimum Gasteiger partial charge on any atom is -0.444 e. The lowest BCUT2D eigenvalue weighted by molar-refractivity contribution is 0.0217. The van der Waals surface area contributed by atoms with Gasteiger partial charge in [0.25, 0.3) is 0 Å². The van der Waals surface area contributed by atoms with Gasteiger partial charge < -0.3 is 19.7 Å². The minimum absolute atomic E-state index is 0.0383. The number of ether oxygens (including phenoxy) is 2. The lowest BCUT2D eigenvalue weighted by Gasteiger charge is -2.28. The lowest BCUT2D eigenvalue weighted by atomic mass is 10.0. The quantitative estimate of drug-likeness (QED) is 0.786. The number of alkyl carbamates (subject to hydrolysis) is 1. The van der Waals surface area contributed by atoms with Crippen molar-refractivity contribution in [3.63, 3.8) is 0 Å². The predicted octanol–water partition coefficient (Wildman–Crippen LogP) is 3.55. The third kappa shape index (κ3) is 8.15. The number of terminal acetylenes is 1. The Labute approximate surface area is 151 Å². The van der Waals surface area contributed by atoms with Crippen molar-refractivity contribution in [1.82, 2.24) is 10.2 Å². The number of hydrogen-bond donors (Lipinski definition) is 1. The maximum atomic E-state index is 12.4. The molecule has 0 aromatic heterocycles. The molecule has 1 unspecified atom stereocenters. The van der Waals surface area contributed by atoms with Crippen molar-refractivity contribution in [2.24, 2.45) is 5.92 Å². The van der Waals surface area contributed by atoms with Crippen LogP contribution >= 0.6 is 0 Å². The first-order chi connectivity index (χ1) is 11.4. The summed E-state index contributed by atoms with van der Waals surface area (Å²) in [7, 11) is 0. The molecule has 1 aliphatic rings. The molecule has 0 saturated carbocycles. The zero-order chi connectivity index (χ0) is 19.3. The second-order valence-corrected chi connectivity index (χ2v) is 8.51. The summed E-state index contributed by atoms with van der Waals surface area (Å²) in [6, 6.07) is 0.0383. The van der Waals surface area contributed by atoms with Crippen molar-refractivity contribution >= 4 is 12.2 Å². The van der Waals surface area contributed by atoms with Crippen molar-refractivity contribution in [3.05, 3.63) is 0 Å². The van der Waals surface area contributed by atoms with E-state index < -0.39 is 17.3 Å². The summed E-state index contributed by atoms with van der Waals surface area (Å²) in [5, 5.41) is 2.79. The zero-order valence-corrected chi connectivity index (χ0v) is 16.3. The summed E-state index contributed by atoms with van der Waals surface area (Å²) < 4.78 is 10.7. The van der Waals surface area contributed by atoms with Gasteiger partial charge in [-0.1, -0.05) is 0 Å². The molecule has 0 aromatic carbocycles. The fourth-order valence-electron chi connectivity index (χ4n) is 2.77. The average molecular weight is 352 g/mol. The highest BCUT2D eigenvalue weighted by molar-refractivity contribution is 5.69. The van der Waals surface area contributed by atoms with Gasteiger partial charge in [0.15, 0.2) is 0 Å². The largest absolute Gasteiger partial charge is 0.444 e. The Hall–Kier alpha value is -1.90. The predicted molar refractivity (Wildman–Crippen MR) is 97.1 cm³/mol. The van der Waals surface area contributed by atoms with Gasteiger partial charge >= 0.3 is 12.2 Å². The van der Waals surface area contributed by atoms with E-state index >= 15 is 0 Å². The maximum absolute atomic E-state index is 12.4. The van der Waals surface area contributed by atoms with E-state index in [0.29, 0.717) is 19.5 Å². The van der Waals surface area contributed by atoms with Crippen molar-refractivity contribution in [2.45, 2.75) is 78.0 Å². The van der Waals surface area contributed by atoms with Crippen molar-refractivity contribution < 1.29 is 19.1 Å². The summed E-state index contributed by atoms with van der Waals surface area (Å²) in [5.74, 6) is 2.78. The smallest absolute Gasteiger partial charge is 0.410 e. The lowest BCUT2D eigenvalue weighted by Crippen LogP contribution is -2.40. The fourth-order valence-corrected chi connectivity index (χ4v) is 2.77. The van der Waals surface area contributed by atoms with E-state index in [9.17, 15) is 9.59 Å².